The van der Waals surface area contributed by atoms with Crippen molar-refractivity contribution in [2.45, 2.75) is 39.3 Å². The summed E-state index contributed by atoms with van der Waals surface area (Å²) in [7, 11) is 0. The van der Waals surface area contributed by atoms with Crippen molar-refractivity contribution in [3.8, 4) is 0 Å². The van der Waals surface area contributed by atoms with Crippen LogP contribution in [0.25, 0.3) is 0 Å². The van der Waals surface area contributed by atoms with Gasteiger partial charge in [-0.2, -0.15) is 12.6 Å². The normalized spacial score (nSPS) is 16.6. The van der Waals surface area contributed by atoms with Gasteiger partial charge in [-0.3, -0.25) is 4.79 Å². The van der Waals surface area contributed by atoms with E-state index in [0.29, 0.717) is 24.8 Å². The number of rotatable bonds is 7. The van der Waals surface area contributed by atoms with Gasteiger partial charge in [0.1, 0.15) is 0 Å². The van der Waals surface area contributed by atoms with E-state index in [9.17, 15) is 4.79 Å². The quantitative estimate of drug-likeness (QED) is 0.573. The second-order valence-electron chi connectivity index (χ2n) is 4.30. The first kappa shape index (κ1) is 15.7. The lowest BCUT2D eigenvalue weighted by molar-refractivity contribution is -0.132. The molecule has 96 valence electrons. The molecule has 0 saturated heterocycles. The number of amides is 1. The molecule has 4 N–H and O–H groups in total. The molecular weight excluding hydrogens is 222 g/mol. The van der Waals surface area contributed by atoms with Gasteiger partial charge in [0.05, 0.1) is 0 Å². The van der Waals surface area contributed by atoms with Crippen LogP contribution < -0.4 is 11.5 Å². The Hall–Kier alpha value is -0.260. The average molecular weight is 247 g/mol. The fourth-order valence-corrected chi connectivity index (χ4v) is 1.86. The van der Waals surface area contributed by atoms with Crippen molar-refractivity contribution >= 4 is 18.5 Å². The van der Waals surface area contributed by atoms with Crippen molar-refractivity contribution in [1.82, 2.24) is 4.90 Å². The molecule has 0 aliphatic heterocycles. The molecule has 0 aliphatic carbocycles. The van der Waals surface area contributed by atoms with Crippen LogP contribution in [0.5, 0.6) is 0 Å². The first-order valence-electron chi connectivity index (χ1n) is 5.81. The van der Waals surface area contributed by atoms with Crippen LogP contribution in [0, 0.1) is 5.92 Å². The first-order chi connectivity index (χ1) is 7.47. The summed E-state index contributed by atoms with van der Waals surface area (Å²) < 4.78 is 0. The van der Waals surface area contributed by atoms with E-state index in [1.54, 1.807) is 11.8 Å². The van der Waals surface area contributed by atoms with E-state index in [1.165, 1.54) is 0 Å². The maximum atomic E-state index is 11.6. The van der Waals surface area contributed by atoms with E-state index in [0.717, 1.165) is 6.42 Å². The number of carbonyl (C=O) groups is 1. The topological polar surface area (TPSA) is 72.3 Å². The van der Waals surface area contributed by atoms with Gasteiger partial charge in [-0.05, 0) is 5.92 Å². The SMILES string of the molecule is CC[C@H](C)[C@@H](CN)N(C[C@@H](N)CS)C(C)=O. The van der Waals surface area contributed by atoms with Gasteiger partial charge < -0.3 is 16.4 Å². The summed E-state index contributed by atoms with van der Waals surface area (Å²) >= 11 is 4.14. The van der Waals surface area contributed by atoms with Crippen molar-refractivity contribution in [2.75, 3.05) is 18.8 Å². The molecule has 5 heteroatoms. The Labute approximate surface area is 104 Å². The number of carbonyl (C=O) groups excluding carboxylic acids is 1. The number of nitrogens with two attached hydrogens (primary N) is 2. The van der Waals surface area contributed by atoms with Crippen LogP contribution in [0.4, 0.5) is 0 Å². The van der Waals surface area contributed by atoms with E-state index in [-0.39, 0.29) is 18.0 Å². The minimum Gasteiger partial charge on any atom is -0.337 e. The van der Waals surface area contributed by atoms with E-state index in [1.807, 2.05) is 0 Å². The molecule has 0 saturated carbocycles. The number of hydrogen-bond acceptors (Lipinski definition) is 4. The Morgan fingerprint density at radius 3 is 2.38 bits per heavy atom. The second-order valence-corrected chi connectivity index (χ2v) is 4.67. The number of thiol groups is 1. The molecule has 0 aromatic carbocycles. The standard InChI is InChI=1S/C11H25N3OS/c1-4-8(2)11(5-12)14(9(3)15)6-10(13)7-16/h8,10-11,16H,4-7,12-13H2,1-3H3/t8-,10+,11+/m0/s1. The molecule has 0 aliphatic rings. The molecule has 0 rings (SSSR count). The van der Waals surface area contributed by atoms with Gasteiger partial charge in [0.15, 0.2) is 0 Å². The highest BCUT2D eigenvalue weighted by Gasteiger charge is 2.25. The molecule has 16 heavy (non-hydrogen) atoms. The predicted octanol–water partition coefficient (Wildman–Crippen LogP) is 0.465. The van der Waals surface area contributed by atoms with Crippen LogP contribution in [-0.2, 0) is 4.79 Å². The van der Waals surface area contributed by atoms with Crippen LogP contribution in [0.15, 0.2) is 0 Å². The van der Waals surface area contributed by atoms with Crippen molar-refractivity contribution in [3.05, 3.63) is 0 Å². The summed E-state index contributed by atoms with van der Waals surface area (Å²) in [5.74, 6) is 0.996. The van der Waals surface area contributed by atoms with Crippen molar-refractivity contribution in [2.24, 2.45) is 17.4 Å². The minimum absolute atomic E-state index is 0.0352. The second kappa shape index (κ2) is 7.92. The van der Waals surface area contributed by atoms with Crippen LogP contribution in [0.2, 0.25) is 0 Å². The fraction of sp³-hybridized carbons (Fsp3) is 0.909. The molecule has 0 aromatic heterocycles. The molecule has 1 amide bonds. The van der Waals surface area contributed by atoms with Crippen molar-refractivity contribution < 1.29 is 4.79 Å². The van der Waals surface area contributed by atoms with Crippen molar-refractivity contribution in [3.63, 3.8) is 0 Å². The number of nitrogens with zero attached hydrogens (tertiary/aromatic N) is 1. The van der Waals surface area contributed by atoms with Crippen LogP contribution in [0.1, 0.15) is 27.2 Å². The first-order valence-corrected chi connectivity index (χ1v) is 6.44. The minimum atomic E-state index is -0.0923. The summed E-state index contributed by atoms with van der Waals surface area (Å²) in [6.07, 6.45) is 1.00. The molecule has 0 unspecified atom stereocenters. The largest absolute Gasteiger partial charge is 0.337 e. The fourth-order valence-electron chi connectivity index (χ4n) is 1.75. The molecule has 3 atom stereocenters. The third-order valence-electron chi connectivity index (χ3n) is 3.01. The third kappa shape index (κ3) is 4.72. The van der Waals surface area contributed by atoms with E-state index >= 15 is 0 Å². The maximum absolute atomic E-state index is 11.6. The van der Waals surface area contributed by atoms with Gasteiger partial charge in [0, 0.05) is 37.8 Å². The molecule has 0 bridgehead atoms. The number of hydrogen-bond donors (Lipinski definition) is 3. The molecule has 0 heterocycles. The predicted molar refractivity (Wildman–Crippen MR) is 71.5 cm³/mol. The highest BCUT2D eigenvalue weighted by Crippen LogP contribution is 2.14. The van der Waals surface area contributed by atoms with E-state index < -0.39 is 0 Å². The highest BCUT2D eigenvalue weighted by atomic mass is 32.1. The van der Waals surface area contributed by atoms with Crippen LogP contribution >= 0.6 is 12.6 Å². The zero-order valence-electron chi connectivity index (χ0n) is 10.5. The zero-order chi connectivity index (χ0) is 12.7. The van der Waals surface area contributed by atoms with Crippen LogP contribution in [-0.4, -0.2) is 41.7 Å². The lowest BCUT2D eigenvalue weighted by atomic mass is 9.97. The Balaban J connectivity index is 4.66. The summed E-state index contributed by atoms with van der Waals surface area (Å²) in [4.78, 5) is 13.4. The summed E-state index contributed by atoms with van der Waals surface area (Å²) in [5.41, 5.74) is 11.6. The van der Waals surface area contributed by atoms with Gasteiger partial charge in [-0.1, -0.05) is 20.3 Å². The summed E-state index contributed by atoms with van der Waals surface area (Å²) in [5, 5.41) is 0. The molecular formula is C11H25N3OS. The van der Waals surface area contributed by atoms with Gasteiger partial charge in [-0.15, -0.1) is 0 Å². The zero-order valence-corrected chi connectivity index (χ0v) is 11.4. The van der Waals surface area contributed by atoms with Gasteiger partial charge in [0.2, 0.25) is 5.91 Å². The lowest BCUT2D eigenvalue weighted by Crippen LogP contribution is -2.51. The Bertz CT molecular complexity index is 213. The molecule has 4 nitrogen and oxygen atoms in total. The smallest absolute Gasteiger partial charge is 0.219 e. The lowest BCUT2D eigenvalue weighted by Gasteiger charge is -2.35. The highest BCUT2D eigenvalue weighted by molar-refractivity contribution is 7.80. The van der Waals surface area contributed by atoms with E-state index in [2.05, 4.69) is 26.5 Å². The monoisotopic (exact) mass is 247 g/mol. The van der Waals surface area contributed by atoms with Crippen LogP contribution in [0.3, 0.4) is 0 Å². The van der Waals surface area contributed by atoms with Gasteiger partial charge in [0.25, 0.3) is 0 Å². The molecule has 0 radical (unpaired) electrons. The molecule has 0 spiro atoms. The third-order valence-corrected chi connectivity index (χ3v) is 3.48. The molecule has 0 fully saturated rings. The van der Waals surface area contributed by atoms with E-state index in [4.69, 9.17) is 11.5 Å². The Kier molecular flexibility index (Phi) is 7.80. The Morgan fingerprint density at radius 1 is 1.50 bits per heavy atom. The summed E-state index contributed by atoms with van der Waals surface area (Å²) in [6, 6.07) is -0.0150. The molecule has 0 aromatic rings. The van der Waals surface area contributed by atoms with Gasteiger partial charge >= 0.3 is 0 Å². The van der Waals surface area contributed by atoms with Gasteiger partial charge in [-0.25, -0.2) is 0 Å². The average Bonchev–Trinajstić information content (AvgIpc) is 2.27. The van der Waals surface area contributed by atoms with Crippen molar-refractivity contribution in [1.29, 1.82) is 0 Å². The summed E-state index contributed by atoms with van der Waals surface area (Å²) in [6.45, 7) is 6.79. The maximum Gasteiger partial charge on any atom is 0.219 e. The Morgan fingerprint density at radius 2 is 2.06 bits per heavy atom.